The van der Waals surface area contributed by atoms with Gasteiger partial charge in [-0.1, -0.05) is 41.4 Å². The van der Waals surface area contributed by atoms with Crippen molar-refractivity contribution in [1.29, 1.82) is 0 Å². The minimum atomic E-state index is -0.269. The third-order valence-electron chi connectivity index (χ3n) is 4.50. The van der Waals surface area contributed by atoms with Crippen molar-refractivity contribution in [2.24, 2.45) is 0 Å². The molecule has 1 amide bonds. The molecular weight excluding hydrogens is 395 g/mol. The molecule has 0 aliphatic carbocycles. The number of benzene rings is 2. The van der Waals surface area contributed by atoms with E-state index in [-0.39, 0.29) is 5.91 Å². The maximum Gasteiger partial charge on any atom is 0.260 e. The monoisotopic (exact) mass is 410 g/mol. The number of fused-ring (bicyclic) bond motifs is 1. The molecule has 2 heterocycles. The summed E-state index contributed by atoms with van der Waals surface area (Å²) in [5, 5.41) is 9.36. The van der Waals surface area contributed by atoms with E-state index in [0.717, 1.165) is 10.9 Å². The topological polar surface area (TPSA) is 59.8 Å². The zero-order valence-electron chi connectivity index (χ0n) is 15.2. The van der Waals surface area contributed by atoms with Gasteiger partial charge >= 0.3 is 0 Å². The quantitative estimate of drug-likeness (QED) is 0.478. The second-order valence-corrected chi connectivity index (χ2v) is 7.24. The van der Waals surface area contributed by atoms with Crippen molar-refractivity contribution in [3.8, 4) is 5.69 Å². The van der Waals surface area contributed by atoms with Crippen molar-refractivity contribution in [3.63, 3.8) is 0 Å². The van der Waals surface area contributed by atoms with Crippen molar-refractivity contribution in [1.82, 2.24) is 14.8 Å². The highest BCUT2D eigenvalue weighted by atomic mass is 35.5. The first-order chi connectivity index (χ1) is 13.4. The first kappa shape index (κ1) is 18.5. The zero-order chi connectivity index (χ0) is 19.8. The van der Waals surface area contributed by atoms with E-state index >= 15 is 0 Å². The molecule has 0 bridgehead atoms. The van der Waals surface area contributed by atoms with E-state index in [1.165, 1.54) is 0 Å². The third kappa shape index (κ3) is 3.35. The predicted molar refractivity (Wildman–Crippen MR) is 113 cm³/mol. The highest BCUT2D eigenvalue weighted by Crippen LogP contribution is 2.27. The number of aromatic nitrogens is 3. The van der Waals surface area contributed by atoms with Crippen molar-refractivity contribution < 1.29 is 4.79 Å². The Labute approximate surface area is 171 Å². The summed E-state index contributed by atoms with van der Waals surface area (Å²) in [4.78, 5) is 17.4. The first-order valence-electron chi connectivity index (χ1n) is 8.63. The fourth-order valence-electron chi connectivity index (χ4n) is 3.17. The van der Waals surface area contributed by atoms with E-state index in [9.17, 15) is 4.79 Å². The van der Waals surface area contributed by atoms with Gasteiger partial charge in [0.1, 0.15) is 5.82 Å². The summed E-state index contributed by atoms with van der Waals surface area (Å²) in [6.45, 7) is 3.61. The van der Waals surface area contributed by atoms with Gasteiger partial charge in [0.2, 0.25) is 0 Å². The Morgan fingerprint density at radius 2 is 1.82 bits per heavy atom. The van der Waals surface area contributed by atoms with Crippen LogP contribution in [-0.4, -0.2) is 20.7 Å². The fraction of sp³-hybridized carbons (Fsp3) is 0.0952. The van der Waals surface area contributed by atoms with Gasteiger partial charge in [-0.3, -0.25) is 4.79 Å². The molecule has 2 aromatic carbocycles. The number of para-hydroxylation sites is 1. The van der Waals surface area contributed by atoms with E-state index in [2.05, 4.69) is 15.4 Å². The summed E-state index contributed by atoms with van der Waals surface area (Å²) in [5.41, 5.74) is 3.25. The molecule has 140 valence electrons. The lowest BCUT2D eigenvalue weighted by molar-refractivity contribution is 0.102. The van der Waals surface area contributed by atoms with Crippen LogP contribution in [0.2, 0.25) is 10.0 Å². The smallest absolute Gasteiger partial charge is 0.260 e. The average Bonchev–Trinajstić information content (AvgIpc) is 2.95. The number of carbonyl (C=O) groups is 1. The summed E-state index contributed by atoms with van der Waals surface area (Å²) in [7, 11) is 0. The molecule has 5 nitrogen and oxygen atoms in total. The summed E-state index contributed by atoms with van der Waals surface area (Å²) in [6, 6.07) is 16.6. The standard InChI is InChI=1S/C21H16Cl2N4O/c1-12-20(13(2)27(26-12)18-9-8-15(22)11-16(18)23)21(28)25-19-10-7-14-5-3-4-6-17(14)24-19/h3-11H,1-2H3,(H,24,25,28). The second kappa shape index (κ2) is 7.26. The molecule has 0 aliphatic heterocycles. The normalized spacial score (nSPS) is 11.0. The van der Waals surface area contributed by atoms with Crippen LogP contribution in [0.25, 0.3) is 16.6 Å². The van der Waals surface area contributed by atoms with Crippen LogP contribution in [0.3, 0.4) is 0 Å². The van der Waals surface area contributed by atoms with E-state index in [4.69, 9.17) is 23.2 Å². The molecular formula is C21H16Cl2N4O. The van der Waals surface area contributed by atoms with Crippen LogP contribution >= 0.6 is 23.2 Å². The molecule has 0 spiro atoms. The number of nitrogens with zero attached hydrogens (tertiary/aromatic N) is 3. The summed E-state index contributed by atoms with van der Waals surface area (Å²) < 4.78 is 1.65. The first-order valence-corrected chi connectivity index (χ1v) is 9.38. The number of pyridine rings is 1. The zero-order valence-corrected chi connectivity index (χ0v) is 16.7. The number of anilines is 1. The third-order valence-corrected chi connectivity index (χ3v) is 5.03. The molecule has 0 saturated heterocycles. The maximum absolute atomic E-state index is 12.9. The molecule has 4 aromatic rings. The van der Waals surface area contributed by atoms with Gasteiger partial charge in [0.25, 0.3) is 5.91 Å². The number of hydrogen-bond donors (Lipinski definition) is 1. The molecule has 0 radical (unpaired) electrons. The average molecular weight is 411 g/mol. The van der Waals surface area contributed by atoms with E-state index in [1.54, 1.807) is 35.9 Å². The molecule has 2 aromatic heterocycles. The molecule has 0 aliphatic rings. The van der Waals surface area contributed by atoms with Crippen molar-refractivity contribution in [2.75, 3.05) is 5.32 Å². The molecule has 4 rings (SSSR count). The maximum atomic E-state index is 12.9. The number of carbonyl (C=O) groups excluding carboxylic acids is 1. The van der Waals surface area contributed by atoms with Crippen molar-refractivity contribution >= 4 is 45.8 Å². The lowest BCUT2D eigenvalue weighted by Crippen LogP contribution is -2.15. The Kier molecular flexibility index (Phi) is 4.79. The van der Waals surface area contributed by atoms with Gasteiger partial charge in [0.05, 0.1) is 33.2 Å². The van der Waals surface area contributed by atoms with Crippen LogP contribution in [0.5, 0.6) is 0 Å². The van der Waals surface area contributed by atoms with Crippen LogP contribution in [0, 0.1) is 13.8 Å². The number of amides is 1. The SMILES string of the molecule is Cc1nn(-c2ccc(Cl)cc2Cl)c(C)c1C(=O)Nc1ccc2ccccc2n1. The summed E-state index contributed by atoms with van der Waals surface area (Å²) in [6.07, 6.45) is 0. The van der Waals surface area contributed by atoms with Crippen molar-refractivity contribution in [3.05, 3.63) is 81.6 Å². The highest BCUT2D eigenvalue weighted by molar-refractivity contribution is 6.35. The number of hydrogen-bond acceptors (Lipinski definition) is 3. The van der Waals surface area contributed by atoms with Crippen LogP contribution in [0.15, 0.2) is 54.6 Å². The van der Waals surface area contributed by atoms with Gasteiger partial charge < -0.3 is 5.32 Å². The van der Waals surface area contributed by atoms with Crippen LogP contribution in [0.4, 0.5) is 5.82 Å². The molecule has 0 fully saturated rings. The van der Waals surface area contributed by atoms with Crippen molar-refractivity contribution in [2.45, 2.75) is 13.8 Å². The lowest BCUT2D eigenvalue weighted by Gasteiger charge is -2.08. The minimum absolute atomic E-state index is 0.269. The Bertz CT molecular complexity index is 1220. The number of halogens is 2. The minimum Gasteiger partial charge on any atom is -0.306 e. The van der Waals surface area contributed by atoms with Crippen LogP contribution in [-0.2, 0) is 0 Å². The Morgan fingerprint density at radius 3 is 2.61 bits per heavy atom. The van der Waals surface area contributed by atoms with E-state index < -0.39 is 0 Å². The van der Waals surface area contributed by atoms with Gasteiger partial charge in [-0.05, 0) is 50.2 Å². The molecule has 1 N–H and O–H groups in total. The Balaban J connectivity index is 1.68. The van der Waals surface area contributed by atoms with Crippen LogP contribution in [0.1, 0.15) is 21.7 Å². The fourth-order valence-corrected chi connectivity index (χ4v) is 3.66. The lowest BCUT2D eigenvalue weighted by atomic mass is 10.1. The largest absolute Gasteiger partial charge is 0.306 e. The van der Waals surface area contributed by atoms with Gasteiger partial charge in [-0.2, -0.15) is 5.10 Å². The second-order valence-electron chi connectivity index (χ2n) is 6.40. The van der Waals surface area contributed by atoms with E-state index in [0.29, 0.717) is 38.5 Å². The predicted octanol–water partition coefficient (Wildman–Crippen LogP) is 5.60. The number of aryl methyl sites for hydroxylation is 1. The Hall–Kier alpha value is -2.89. The Morgan fingerprint density at radius 1 is 1.04 bits per heavy atom. The summed E-state index contributed by atoms with van der Waals surface area (Å²) >= 11 is 12.3. The van der Waals surface area contributed by atoms with Gasteiger partial charge in [0, 0.05) is 10.4 Å². The summed E-state index contributed by atoms with van der Waals surface area (Å²) in [5.74, 6) is 0.217. The number of nitrogens with one attached hydrogen (secondary N) is 1. The molecule has 0 atom stereocenters. The highest BCUT2D eigenvalue weighted by Gasteiger charge is 2.21. The van der Waals surface area contributed by atoms with E-state index in [1.807, 2.05) is 37.3 Å². The van der Waals surface area contributed by atoms with Crippen LogP contribution < -0.4 is 5.32 Å². The molecule has 0 saturated carbocycles. The van der Waals surface area contributed by atoms with Gasteiger partial charge in [-0.15, -0.1) is 0 Å². The molecule has 28 heavy (non-hydrogen) atoms. The van der Waals surface area contributed by atoms with Gasteiger partial charge in [0.15, 0.2) is 0 Å². The number of rotatable bonds is 3. The van der Waals surface area contributed by atoms with Gasteiger partial charge in [-0.25, -0.2) is 9.67 Å². The molecule has 7 heteroatoms. The molecule has 0 unspecified atom stereocenters.